The number of anilines is 1. The number of imidazole rings is 1. The zero-order valence-corrected chi connectivity index (χ0v) is 19.8. The van der Waals surface area contributed by atoms with Crippen molar-refractivity contribution in [3.63, 3.8) is 0 Å². The third kappa shape index (κ3) is 4.13. The van der Waals surface area contributed by atoms with E-state index in [1.807, 2.05) is 58.1 Å². The van der Waals surface area contributed by atoms with Crippen LogP contribution >= 0.6 is 11.8 Å². The second-order valence-electron chi connectivity index (χ2n) is 8.82. The van der Waals surface area contributed by atoms with Crippen molar-refractivity contribution < 1.29 is 9.47 Å². The van der Waals surface area contributed by atoms with Crippen molar-refractivity contribution in [3.05, 3.63) is 49.1 Å². The molecule has 5 aromatic rings. The largest absolute Gasteiger partial charge is 0.383 e. The van der Waals surface area contributed by atoms with Crippen LogP contribution in [-0.4, -0.2) is 65.0 Å². The van der Waals surface area contributed by atoms with Gasteiger partial charge in [-0.3, -0.25) is 9.08 Å². The van der Waals surface area contributed by atoms with Crippen LogP contribution in [0, 0.1) is 5.92 Å². The van der Waals surface area contributed by atoms with Gasteiger partial charge in [-0.1, -0.05) is 0 Å². The summed E-state index contributed by atoms with van der Waals surface area (Å²) in [6, 6.07) is 7.88. The van der Waals surface area contributed by atoms with E-state index in [0.717, 1.165) is 44.3 Å². The van der Waals surface area contributed by atoms with Gasteiger partial charge in [0.05, 0.1) is 25.5 Å². The summed E-state index contributed by atoms with van der Waals surface area (Å²) in [5, 5.41) is 22.7. The number of hydrogen-bond donors (Lipinski definition) is 1. The number of ether oxygens (including phenoxy) is 2. The van der Waals surface area contributed by atoms with Gasteiger partial charge < -0.3 is 14.8 Å². The molecular formula is C23H23N9O2S. The number of nitrogens with zero attached hydrogens (tertiary/aromatic N) is 8. The van der Waals surface area contributed by atoms with Crippen LogP contribution in [0.15, 0.2) is 59.2 Å². The molecule has 0 bridgehead atoms. The van der Waals surface area contributed by atoms with Crippen LogP contribution in [-0.2, 0) is 16.0 Å². The van der Waals surface area contributed by atoms with Crippen molar-refractivity contribution in [1.29, 1.82) is 0 Å². The van der Waals surface area contributed by atoms with E-state index in [1.165, 1.54) is 24.6 Å². The number of pyridine rings is 1. The van der Waals surface area contributed by atoms with Crippen molar-refractivity contribution in [3.8, 4) is 11.1 Å². The molecule has 2 aliphatic rings. The Balaban J connectivity index is 1.11. The molecule has 5 aromatic heterocycles. The highest BCUT2D eigenvalue weighted by Crippen LogP contribution is 2.44. The van der Waals surface area contributed by atoms with E-state index in [0.29, 0.717) is 19.3 Å². The number of rotatable bonds is 9. The van der Waals surface area contributed by atoms with Crippen LogP contribution in [0.3, 0.4) is 0 Å². The molecule has 2 fully saturated rings. The molecule has 0 spiro atoms. The van der Waals surface area contributed by atoms with Gasteiger partial charge in [0.1, 0.15) is 16.9 Å². The minimum absolute atomic E-state index is 0.0740. The molecule has 12 heteroatoms. The molecule has 2 unspecified atom stereocenters. The first kappa shape index (κ1) is 20.9. The van der Waals surface area contributed by atoms with Crippen molar-refractivity contribution >= 4 is 28.9 Å². The van der Waals surface area contributed by atoms with E-state index >= 15 is 0 Å². The Morgan fingerprint density at radius 1 is 1.09 bits per heavy atom. The SMILES string of the molecule is COCCn1cc(-c2ccc3nnc(Sc4ccc5nc(NC6OC6C6CC6)cn5n4)n3c2)cn1. The Bertz CT molecular complexity index is 1520. The van der Waals surface area contributed by atoms with E-state index in [1.54, 1.807) is 11.6 Å². The van der Waals surface area contributed by atoms with Gasteiger partial charge in [-0.2, -0.15) is 10.2 Å². The highest BCUT2D eigenvalue weighted by molar-refractivity contribution is 7.99. The van der Waals surface area contributed by atoms with Crippen LogP contribution in [0.25, 0.3) is 22.4 Å². The summed E-state index contributed by atoms with van der Waals surface area (Å²) in [4.78, 5) is 4.61. The van der Waals surface area contributed by atoms with Crippen molar-refractivity contribution in [2.24, 2.45) is 5.92 Å². The van der Waals surface area contributed by atoms with Gasteiger partial charge in [-0.05, 0) is 54.8 Å². The Morgan fingerprint density at radius 2 is 2.00 bits per heavy atom. The van der Waals surface area contributed by atoms with Crippen LogP contribution in [0.1, 0.15) is 12.8 Å². The van der Waals surface area contributed by atoms with Crippen molar-refractivity contribution in [2.45, 2.75) is 41.9 Å². The molecule has 0 aromatic carbocycles. The first-order chi connectivity index (χ1) is 17.2. The maximum Gasteiger partial charge on any atom is 0.201 e. The molecule has 35 heavy (non-hydrogen) atoms. The standard InChI is InChI=1S/C23H23N9O2S/c1-33-9-8-30-11-16(10-24-30)15-4-5-19-27-28-23(31(19)12-15)35-20-7-6-18-25-17(13-32(18)29-20)26-22-21(34-22)14-2-3-14/h4-7,10-14,21-22,26H,2-3,8-9H2,1H3. The molecule has 1 aliphatic carbocycles. The Labute approximate surface area is 204 Å². The highest BCUT2D eigenvalue weighted by atomic mass is 32.2. The van der Waals surface area contributed by atoms with Gasteiger partial charge in [-0.25, -0.2) is 9.50 Å². The Kier molecular flexibility index (Phi) is 4.96. The number of nitrogens with one attached hydrogen (secondary N) is 1. The van der Waals surface area contributed by atoms with Gasteiger partial charge in [0.15, 0.2) is 17.5 Å². The summed E-state index contributed by atoms with van der Waals surface area (Å²) in [5.41, 5.74) is 3.60. The average Bonchev–Trinajstić information content (AvgIpc) is 3.71. The first-order valence-electron chi connectivity index (χ1n) is 11.6. The lowest BCUT2D eigenvalue weighted by Crippen LogP contribution is -2.08. The van der Waals surface area contributed by atoms with Gasteiger partial charge >= 0.3 is 0 Å². The number of aromatic nitrogens is 8. The second kappa shape index (κ2) is 8.33. The van der Waals surface area contributed by atoms with Crippen LogP contribution < -0.4 is 5.32 Å². The lowest BCUT2D eigenvalue weighted by atomic mass is 10.2. The highest BCUT2D eigenvalue weighted by Gasteiger charge is 2.49. The normalized spacial score (nSPS) is 19.6. The third-order valence-corrected chi connectivity index (χ3v) is 7.14. The fourth-order valence-corrected chi connectivity index (χ4v) is 4.96. The van der Waals surface area contributed by atoms with Gasteiger partial charge in [-0.15, -0.1) is 10.2 Å². The molecule has 1 aliphatic heterocycles. The minimum atomic E-state index is 0.0740. The number of fused-ring (bicyclic) bond motifs is 2. The summed E-state index contributed by atoms with van der Waals surface area (Å²) in [7, 11) is 1.69. The monoisotopic (exact) mass is 489 g/mol. The predicted octanol–water partition coefficient (Wildman–Crippen LogP) is 2.98. The summed E-state index contributed by atoms with van der Waals surface area (Å²) in [5.74, 6) is 1.49. The zero-order valence-electron chi connectivity index (χ0n) is 19.0. The van der Waals surface area contributed by atoms with Crippen molar-refractivity contribution in [2.75, 3.05) is 19.0 Å². The molecule has 11 nitrogen and oxygen atoms in total. The molecule has 6 heterocycles. The summed E-state index contributed by atoms with van der Waals surface area (Å²) < 4.78 is 16.5. The smallest absolute Gasteiger partial charge is 0.201 e. The lowest BCUT2D eigenvalue weighted by molar-refractivity contribution is 0.183. The van der Waals surface area contributed by atoms with Crippen molar-refractivity contribution in [1.82, 2.24) is 39.0 Å². The van der Waals surface area contributed by atoms with E-state index in [9.17, 15) is 0 Å². The van der Waals surface area contributed by atoms with Gasteiger partial charge in [0.25, 0.3) is 0 Å². The summed E-state index contributed by atoms with van der Waals surface area (Å²) >= 11 is 1.45. The molecule has 0 amide bonds. The molecule has 178 valence electrons. The summed E-state index contributed by atoms with van der Waals surface area (Å²) in [6.45, 7) is 1.33. The van der Waals surface area contributed by atoms with Crippen LogP contribution in [0.2, 0.25) is 0 Å². The molecule has 1 saturated heterocycles. The van der Waals surface area contributed by atoms with Crippen LogP contribution in [0.4, 0.5) is 5.82 Å². The third-order valence-electron chi connectivity index (χ3n) is 6.26. The van der Waals surface area contributed by atoms with Gasteiger partial charge in [0, 0.05) is 30.6 Å². The van der Waals surface area contributed by atoms with E-state index in [2.05, 4.69) is 25.6 Å². The summed E-state index contributed by atoms with van der Waals surface area (Å²) in [6.07, 6.45) is 10.7. The molecular weight excluding hydrogens is 466 g/mol. The lowest BCUT2D eigenvalue weighted by Gasteiger charge is -2.03. The Hall–Kier alpha value is -3.48. The quantitative estimate of drug-likeness (QED) is 0.312. The predicted molar refractivity (Wildman–Crippen MR) is 128 cm³/mol. The van der Waals surface area contributed by atoms with E-state index < -0.39 is 0 Å². The Morgan fingerprint density at radius 3 is 2.89 bits per heavy atom. The molecule has 1 N–H and O–H groups in total. The van der Waals surface area contributed by atoms with E-state index in [4.69, 9.17) is 14.6 Å². The fourth-order valence-electron chi connectivity index (χ4n) is 4.18. The van der Waals surface area contributed by atoms with Gasteiger partial charge in [0.2, 0.25) is 5.16 Å². The fraction of sp³-hybridized carbons (Fsp3) is 0.348. The maximum atomic E-state index is 5.72. The first-order valence-corrected chi connectivity index (χ1v) is 12.4. The minimum Gasteiger partial charge on any atom is -0.383 e. The van der Waals surface area contributed by atoms with E-state index in [-0.39, 0.29) is 6.23 Å². The topological polar surface area (TPSA) is 112 Å². The zero-order chi connectivity index (χ0) is 23.4. The molecule has 0 radical (unpaired) electrons. The molecule has 7 rings (SSSR count). The second-order valence-corrected chi connectivity index (χ2v) is 9.81. The maximum absolute atomic E-state index is 5.72. The molecule has 1 saturated carbocycles. The number of methoxy groups -OCH3 is 1. The average molecular weight is 490 g/mol. The van der Waals surface area contributed by atoms with Crippen LogP contribution in [0.5, 0.6) is 0 Å². The number of hydrogen-bond acceptors (Lipinski definition) is 9. The molecule has 2 atom stereocenters. The number of epoxide rings is 1.